The van der Waals surface area contributed by atoms with Gasteiger partial charge in [-0.2, -0.15) is 0 Å². The van der Waals surface area contributed by atoms with E-state index in [2.05, 4.69) is 4.98 Å². The molecule has 7 nitrogen and oxygen atoms in total. The van der Waals surface area contributed by atoms with Crippen LogP contribution in [0, 0.1) is 0 Å². The van der Waals surface area contributed by atoms with Gasteiger partial charge in [0, 0.05) is 23.4 Å². The Kier molecular flexibility index (Phi) is 5.56. The highest BCUT2D eigenvalue weighted by Gasteiger charge is 2.19. The quantitative estimate of drug-likeness (QED) is 0.452. The third-order valence-electron chi connectivity index (χ3n) is 5.04. The lowest BCUT2D eigenvalue weighted by Gasteiger charge is -2.05. The lowest BCUT2D eigenvalue weighted by atomic mass is 10.0. The van der Waals surface area contributed by atoms with Crippen molar-refractivity contribution in [2.75, 3.05) is 12.9 Å². The number of ether oxygens (including phenoxy) is 1. The molecule has 4 rings (SSSR count). The van der Waals surface area contributed by atoms with Gasteiger partial charge in [0.25, 0.3) is 5.91 Å². The minimum atomic E-state index is -3.66. The van der Waals surface area contributed by atoms with Crippen LogP contribution in [0.4, 0.5) is 0 Å². The van der Waals surface area contributed by atoms with Crippen LogP contribution in [0.5, 0.6) is 5.75 Å². The predicted octanol–water partition coefficient (Wildman–Crippen LogP) is 4.11. The average Bonchev–Trinajstić information content (AvgIpc) is 3.39. The number of hydrogen-bond acceptors (Lipinski definition) is 5. The van der Waals surface area contributed by atoms with Gasteiger partial charge in [0.2, 0.25) is 10.0 Å². The number of benzene rings is 2. The number of fused-ring (bicyclic) bond motifs is 1. The minimum absolute atomic E-state index is 0.0465. The summed E-state index contributed by atoms with van der Waals surface area (Å²) in [5.74, 6) is 0.280. The van der Waals surface area contributed by atoms with Crippen molar-refractivity contribution in [2.45, 2.75) is 13.3 Å². The van der Waals surface area contributed by atoms with E-state index in [1.807, 2.05) is 53.3 Å². The molecule has 0 saturated heterocycles. The average molecular weight is 439 g/mol. The largest absolute Gasteiger partial charge is 0.497 e. The van der Waals surface area contributed by atoms with Crippen LogP contribution < -0.4 is 9.46 Å². The molecule has 2 aromatic carbocycles. The second-order valence-electron chi connectivity index (χ2n) is 7.03. The van der Waals surface area contributed by atoms with Gasteiger partial charge in [-0.05, 0) is 42.3 Å². The molecule has 0 aliphatic rings. The Morgan fingerprint density at radius 1 is 1.10 bits per heavy atom. The molecule has 0 aliphatic carbocycles. The number of hydrogen-bond donors (Lipinski definition) is 2. The van der Waals surface area contributed by atoms with E-state index >= 15 is 0 Å². The summed E-state index contributed by atoms with van der Waals surface area (Å²) in [5, 5.41) is 1.01. The van der Waals surface area contributed by atoms with Gasteiger partial charge in [0.15, 0.2) is 5.76 Å². The molecule has 160 valence electrons. The number of aromatic amines is 1. The SMILES string of the molecule is CCS(=O)(=O)NC(=O)c1ccc(Cc2c(-c3ccccc3)[nH]c3cc(OC)ccc23)o1. The van der Waals surface area contributed by atoms with Crippen molar-refractivity contribution in [3.63, 3.8) is 0 Å². The molecule has 0 unspecified atom stereocenters. The Morgan fingerprint density at radius 2 is 1.87 bits per heavy atom. The van der Waals surface area contributed by atoms with E-state index in [-0.39, 0.29) is 11.5 Å². The number of rotatable bonds is 7. The number of amides is 1. The summed E-state index contributed by atoms with van der Waals surface area (Å²) in [5.41, 5.74) is 3.89. The summed E-state index contributed by atoms with van der Waals surface area (Å²) >= 11 is 0. The van der Waals surface area contributed by atoms with Crippen LogP contribution >= 0.6 is 0 Å². The Labute approximate surface area is 180 Å². The number of methoxy groups -OCH3 is 1. The molecule has 8 heteroatoms. The molecule has 0 radical (unpaired) electrons. The zero-order chi connectivity index (χ0) is 22.0. The maximum absolute atomic E-state index is 12.2. The Bertz CT molecular complexity index is 1340. The number of carbonyl (C=O) groups is 1. The number of carbonyl (C=O) groups excluding carboxylic acids is 1. The molecule has 0 aliphatic heterocycles. The Balaban J connectivity index is 1.71. The van der Waals surface area contributed by atoms with Crippen molar-refractivity contribution < 1.29 is 22.4 Å². The highest BCUT2D eigenvalue weighted by molar-refractivity contribution is 7.90. The van der Waals surface area contributed by atoms with Gasteiger partial charge >= 0.3 is 0 Å². The van der Waals surface area contributed by atoms with Gasteiger partial charge in [0.1, 0.15) is 11.5 Å². The first kappa shape index (κ1) is 20.7. The van der Waals surface area contributed by atoms with Gasteiger partial charge in [-0.1, -0.05) is 30.3 Å². The van der Waals surface area contributed by atoms with Gasteiger partial charge in [-0.15, -0.1) is 0 Å². The molecule has 0 bridgehead atoms. The van der Waals surface area contributed by atoms with E-state index in [9.17, 15) is 13.2 Å². The molecule has 0 atom stereocenters. The number of aromatic nitrogens is 1. The van der Waals surface area contributed by atoms with Crippen LogP contribution in [0.3, 0.4) is 0 Å². The molecule has 0 saturated carbocycles. The molecule has 0 spiro atoms. The highest BCUT2D eigenvalue weighted by atomic mass is 32.2. The topological polar surface area (TPSA) is 101 Å². The standard InChI is InChI=1S/C23H22N2O5S/c1-3-31(27,28)25-23(26)21-12-10-17(30-21)13-19-18-11-9-16(29-2)14-20(18)24-22(19)15-7-5-4-6-8-15/h4-12,14,24H,3,13H2,1-2H3,(H,25,26). The third kappa shape index (κ3) is 4.34. The van der Waals surface area contributed by atoms with E-state index in [4.69, 9.17) is 9.15 Å². The van der Waals surface area contributed by atoms with E-state index in [0.29, 0.717) is 12.2 Å². The Hall–Kier alpha value is -3.52. The van der Waals surface area contributed by atoms with Crippen molar-refractivity contribution >= 4 is 26.8 Å². The van der Waals surface area contributed by atoms with Crippen LogP contribution in [0.15, 0.2) is 65.1 Å². The second kappa shape index (κ2) is 8.31. The predicted molar refractivity (Wildman–Crippen MR) is 119 cm³/mol. The summed E-state index contributed by atoms with van der Waals surface area (Å²) in [6.45, 7) is 1.46. The summed E-state index contributed by atoms with van der Waals surface area (Å²) in [6, 6.07) is 18.9. The van der Waals surface area contributed by atoms with Crippen molar-refractivity contribution in [1.29, 1.82) is 0 Å². The van der Waals surface area contributed by atoms with Crippen LogP contribution in [0.25, 0.3) is 22.2 Å². The maximum Gasteiger partial charge on any atom is 0.300 e. The lowest BCUT2D eigenvalue weighted by Crippen LogP contribution is -2.31. The fourth-order valence-corrected chi connectivity index (χ4v) is 3.96. The van der Waals surface area contributed by atoms with Crippen LogP contribution in [0.1, 0.15) is 28.8 Å². The fraction of sp³-hybridized carbons (Fsp3) is 0.174. The molecule has 2 heterocycles. The van der Waals surface area contributed by atoms with Gasteiger partial charge in [-0.25, -0.2) is 13.1 Å². The van der Waals surface area contributed by atoms with Crippen LogP contribution in [-0.2, 0) is 16.4 Å². The molecular weight excluding hydrogens is 416 g/mol. The lowest BCUT2D eigenvalue weighted by molar-refractivity contribution is 0.0953. The number of furan rings is 1. The summed E-state index contributed by atoms with van der Waals surface area (Å²) in [6.07, 6.45) is 0.421. The monoisotopic (exact) mass is 438 g/mol. The fourth-order valence-electron chi connectivity index (χ4n) is 3.43. The zero-order valence-electron chi connectivity index (χ0n) is 17.1. The normalized spacial score (nSPS) is 11.5. The van der Waals surface area contributed by atoms with Crippen LogP contribution in [0.2, 0.25) is 0 Å². The molecule has 0 fully saturated rings. The van der Waals surface area contributed by atoms with E-state index in [1.165, 1.54) is 13.0 Å². The van der Waals surface area contributed by atoms with Crippen molar-refractivity contribution in [3.05, 3.63) is 77.7 Å². The van der Waals surface area contributed by atoms with Crippen LogP contribution in [-0.4, -0.2) is 32.2 Å². The molecule has 2 N–H and O–H groups in total. The number of H-pyrrole nitrogens is 1. The Morgan fingerprint density at radius 3 is 2.58 bits per heavy atom. The smallest absolute Gasteiger partial charge is 0.300 e. The van der Waals surface area contributed by atoms with E-state index in [1.54, 1.807) is 13.2 Å². The highest BCUT2D eigenvalue weighted by Crippen LogP contribution is 2.34. The maximum atomic E-state index is 12.2. The molecule has 31 heavy (non-hydrogen) atoms. The van der Waals surface area contributed by atoms with Crippen molar-refractivity contribution in [2.24, 2.45) is 0 Å². The van der Waals surface area contributed by atoms with Crippen molar-refractivity contribution in [1.82, 2.24) is 9.71 Å². The van der Waals surface area contributed by atoms with Gasteiger partial charge < -0.3 is 14.1 Å². The minimum Gasteiger partial charge on any atom is -0.497 e. The first-order valence-electron chi connectivity index (χ1n) is 9.77. The van der Waals surface area contributed by atoms with Gasteiger partial charge in [0.05, 0.1) is 18.6 Å². The van der Waals surface area contributed by atoms with E-state index < -0.39 is 15.9 Å². The first-order chi connectivity index (χ1) is 14.9. The van der Waals surface area contributed by atoms with E-state index in [0.717, 1.165) is 33.5 Å². The molecule has 4 aromatic rings. The molecule has 1 amide bonds. The zero-order valence-corrected chi connectivity index (χ0v) is 18.0. The summed E-state index contributed by atoms with van der Waals surface area (Å²) < 4.78 is 36.3. The first-order valence-corrected chi connectivity index (χ1v) is 11.4. The van der Waals surface area contributed by atoms with Gasteiger partial charge in [-0.3, -0.25) is 4.79 Å². The third-order valence-corrected chi connectivity index (χ3v) is 6.30. The molecular formula is C23H22N2O5S. The number of sulfonamides is 1. The second-order valence-corrected chi connectivity index (χ2v) is 9.04. The van der Waals surface area contributed by atoms with Crippen molar-refractivity contribution in [3.8, 4) is 17.0 Å². The summed E-state index contributed by atoms with van der Waals surface area (Å²) in [7, 11) is -2.04. The number of nitrogens with one attached hydrogen (secondary N) is 2. The summed E-state index contributed by atoms with van der Waals surface area (Å²) in [4.78, 5) is 15.7. The molecule has 2 aromatic heterocycles.